The predicted octanol–water partition coefficient (Wildman–Crippen LogP) is 0.604. The number of hydrogen-bond donors (Lipinski definition) is 1. The zero-order chi connectivity index (χ0) is 11.6. The minimum absolute atomic E-state index is 0.461. The van der Waals surface area contributed by atoms with Crippen LogP contribution in [0.4, 0.5) is 0 Å². The molecule has 1 aromatic heterocycles. The number of carbonyl (C=O) groups is 1. The molecule has 1 atom stereocenters. The van der Waals surface area contributed by atoms with Gasteiger partial charge >= 0.3 is 0 Å². The lowest BCUT2D eigenvalue weighted by Crippen LogP contribution is -2.42. The number of aromatic nitrogens is 2. The Morgan fingerprint density at radius 3 is 2.94 bits per heavy atom. The standard InChI is InChI=1S/C11H15N3O2/c1-11(10(12)15,16-7-8-4-5-8)9-3-2-6-13-14-9/h2-3,6,8H,4-5,7H2,1H3,(H2,12,15). The highest BCUT2D eigenvalue weighted by molar-refractivity contribution is 5.83. The molecule has 1 fully saturated rings. The van der Waals surface area contributed by atoms with E-state index in [0.717, 1.165) is 12.8 Å². The van der Waals surface area contributed by atoms with Gasteiger partial charge in [0, 0.05) is 6.20 Å². The van der Waals surface area contributed by atoms with Crippen molar-refractivity contribution in [3.8, 4) is 0 Å². The van der Waals surface area contributed by atoms with E-state index in [1.807, 2.05) is 0 Å². The first-order valence-corrected chi connectivity index (χ1v) is 5.35. The quantitative estimate of drug-likeness (QED) is 0.789. The molecule has 0 spiro atoms. The summed E-state index contributed by atoms with van der Waals surface area (Å²) in [6, 6.07) is 3.41. The topological polar surface area (TPSA) is 78.1 Å². The van der Waals surface area contributed by atoms with E-state index >= 15 is 0 Å². The lowest BCUT2D eigenvalue weighted by molar-refractivity contribution is -0.144. The largest absolute Gasteiger partial charge is 0.367 e. The van der Waals surface area contributed by atoms with Crippen molar-refractivity contribution >= 4 is 5.91 Å². The van der Waals surface area contributed by atoms with Gasteiger partial charge in [0.05, 0.1) is 6.61 Å². The summed E-state index contributed by atoms with van der Waals surface area (Å²) in [7, 11) is 0. The fraction of sp³-hybridized carbons (Fsp3) is 0.545. The number of amides is 1. The van der Waals surface area contributed by atoms with Crippen molar-refractivity contribution in [3.05, 3.63) is 24.0 Å². The molecule has 1 unspecified atom stereocenters. The highest BCUT2D eigenvalue weighted by Gasteiger charge is 2.38. The lowest BCUT2D eigenvalue weighted by atomic mass is 10.0. The highest BCUT2D eigenvalue weighted by atomic mass is 16.5. The summed E-state index contributed by atoms with van der Waals surface area (Å²) in [4.78, 5) is 11.5. The molecule has 5 nitrogen and oxygen atoms in total. The van der Waals surface area contributed by atoms with E-state index in [9.17, 15) is 4.79 Å². The third kappa shape index (κ3) is 2.19. The maximum absolute atomic E-state index is 11.5. The van der Waals surface area contributed by atoms with Crippen molar-refractivity contribution in [2.24, 2.45) is 11.7 Å². The number of nitrogens with zero attached hydrogens (tertiary/aromatic N) is 2. The summed E-state index contributed by atoms with van der Waals surface area (Å²) in [6.45, 7) is 2.19. The van der Waals surface area contributed by atoms with E-state index in [1.54, 1.807) is 25.3 Å². The molecule has 1 heterocycles. The second kappa shape index (κ2) is 4.17. The van der Waals surface area contributed by atoms with E-state index in [4.69, 9.17) is 10.5 Å². The van der Waals surface area contributed by atoms with Crippen LogP contribution in [0.2, 0.25) is 0 Å². The Labute approximate surface area is 94.0 Å². The summed E-state index contributed by atoms with van der Waals surface area (Å²) in [6.07, 6.45) is 3.87. The summed E-state index contributed by atoms with van der Waals surface area (Å²) in [5.74, 6) is 0.0315. The van der Waals surface area contributed by atoms with Crippen LogP contribution in [0.15, 0.2) is 18.3 Å². The minimum Gasteiger partial charge on any atom is -0.367 e. The van der Waals surface area contributed by atoms with E-state index in [-0.39, 0.29) is 0 Å². The van der Waals surface area contributed by atoms with E-state index in [0.29, 0.717) is 18.2 Å². The van der Waals surface area contributed by atoms with Gasteiger partial charge in [0.15, 0.2) is 5.60 Å². The van der Waals surface area contributed by atoms with Gasteiger partial charge in [-0.05, 0) is 37.8 Å². The van der Waals surface area contributed by atoms with E-state index in [1.165, 1.54) is 0 Å². The first kappa shape index (κ1) is 11.0. The summed E-state index contributed by atoms with van der Waals surface area (Å²) in [5, 5.41) is 7.63. The van der Waals surface area contributed by atoms with Gasteiger partial charge in [0.25, 0.3) is 5.91 Å². The van der Waals surface area contributed by atoms with Crippen LogP contribution in [-0.2, 0) is 15.1 Å². The average Bonchev–Trinajstić information content (AvgIpc) is 3.10. The van der Waals surface area contributed by atoms with Gasteiger partial charge in [0.1, 0.15) is 5.69 Å². The van der Waals surface area contributed by atoms with Gasteiger partial charge in [-0.3, -0.25) is 4.79 Å². The molecule has 1 amide bonds. The van der Waals surface area contributed by atoms with Crippen molar-refractivity contribution < 1.29 is 9.53 Å². The highest BCUT2D eigenvalue weighted by Crippen LogP contribution is 2.32. The van der Waals surface area contributed by atoms with Crippen LogP contribution in [0.5, 0.6) is 0 Å². The minimum atomic E-state index is -1.17. The molecule has 5 heteroatoms. The molecule has 1 saturated carbocycles. The van der Waals surface area contributed by atoms with Crippen molar-refractivity contribution in [2.45, 2.75) is 25.4 Å². The van der Waals surface area contributed by atoms with Gasteiger partial charge in [-0.25, -0.2) is 0 Å². The van der Waals surface area contributed by atoms with Crippen molar-refractivity contribution in [3.63, 3.8) is 0 Å². The normalized spacial score (nSPS) is 19.1. The zero-order valence-electron chi connectivity index (χ0n) is 9.22. The number of ether oxygens (including phenoxy) is 1. The first-order valence-electron chi connectivity index (χ1n) is 5.35. The number of primary amides is 1. The Hall–Kier alpha value is -1.49. The second-order valence-corrected chi connectivity index (χ2v) is 4.26. The maximum Gasteiger partial charge on any atom is 0.255 e. The summed E-state index contributed by atoms with van der Waals surface area (Å²) in [5.41, 5.74) is 4.67. The van der Waals surface area contributed by atoms with Crippen LogP contribution in [0.1, 0.15) is 25.5 Å². The fourth-order valence-corrected chi connectivity index (χ4v) is 1.40. The first-order chi connectivity index (χ1) is 7.63. The molecule has 0 saturated heterocycles. The number of carbonyl (C=O) groups excluding carboxylic acids is 1. The van der Waals surface area contributed by atoms with Crippen molar-refractivity contribution in [2.75, 3.05) is 6.61 Å². The van der Waals surface area contributed by atoms with Crippen LogP contribution in [0.25, 0.3) is 0 Å². The molecule has 2 rings (SSSR count). The SMILES string of the molecule is CC(OCC1CC1)(C(N)=O)c1cccnn1. The Morgan fingerprint density at radius 1 is 1.69 bits per heavy atom. The number of hydrogen-bond acceptors (Lipinski definition) is 4. The molecule has 0 aromatic carbocycles. The number of rotatable bonds is 5. The molecule has 2 N–H and O–H groups in total. The lowest BCUT2D eigenvalue weighted by Gasteiger charge is -2.25. The molecular formula is C11H15N3O2. The van der Waals surface area contributed by atoms with Crippen molar-refractivity contribution in [1.29, 1.82) is 0 Å². The zero-order valence-corrected chi connectivity index (χ0v) is 9.22. The number of nitrogens with two attached hydrogens (primary N) is 1. The smallest absolute Gasteiger partial charge is 0.255 e. The van der Waals surface area contributed by atoms with Crippen LogP contribution in [-0.4, -0.2) is 22.7 Å². The predicted molar refractivity (Wildman–Crippen MR) is 57.3 cm³/mol. The monoisotopic (exact) mass is 221 g/mol. The summed E-state index contributed by atoms with van der Waals surface area (Å²) >= 11 is 0. The molecule has 0 bridgehead atoms. The summed E-state index contributed by atoms with van der Waals surface area (Å²) < 4.78 is 5.62. The molecule has 1 aromatic rings. The molecule has 1 aliphatic carbocycles. The van der Waals surface area contributed by atoms with E-state index < -0.39 is 11.5 Å². The Bertz CT molecular complexity index is 378. The second-order valence-electron chi connectivity index (χ2n) is 4.26. The van der Waals surface area contributed by atoms with Crippen LogP contribution < -0.4 is 5.73 Å². The van der Waals surface area contributed by atoms with Gasteiger partial charge in [-0.1, -0.05) is 0 Å². The molecule has 1 aliphatic rings. The van der Waals surface area contributed by atoms with Crippen LogP contribution >= 0.6 is 0 Å². The van der Waals surface area contributed by atoms with Crippen molar-refractivity contribution in [1.82, 2.24) is 10.2 Å². The average molecular weight is 221 g/mol. The molecule has 86 valence electrons. The van der Waals surface area contributed by atoms with Crippen LogP contribution in [0, 0.1) is 5.92 Å². The Morgan fingerprint density at radius 2 is 2.44 bits per heavy atom. The Kier molecular flexibility index (Phi) is 2.87. The van der Waals surface area contributed by atoms with E-state index in [2.05, 4.69) is 10.2 Å². The fourth-order valence-electron chi connectivity index (χ4n) is 1.40. The maximum atomic E-state index is 11.5. The van der Waals surface area contributed by atoms with Gasteiger partial charge in [-0.15, -0.1) is 0 Å². The van der Waals surface area contributed by atoms with Gasteiger partial charge in [0.2, 0.25) is 0 Å². The molecular weight excluding hydrogens is 206 g/mol. The Balaban J connectivity index is 2.16. The van der Waals surface area contributed by atoms with Crippen LogP contribution in [0.3, 0.4) is 0 Å². The molecule has 0 aliphatic heterocycles. The van der Waals surface area contributed by atoms with Gasteiger partial charge in [-0.2, -0.15) is 10.2 Å². The van der Waals surface area contributed by atoms with Gasteiger partial charge < -0.3 is 10.5 Å². The third-order valence-corrected chi connectivity index (χ3v) is 2.84. The third-order valence-electron chi connectivity index (χ3n) is 2.84. The molecule has 0 radical (unpaired) electrons. The molecule has 16 heavy (non-hydrogen) atoms.